The normalized spacial score (nSPS) is 17.2. The van der Waals surface area contributed by atoms with Gasteiger partial charge in [-0.25, -0.2) is 0 Å². The van der Waals surface area contributed by atoms with Crippen LogP contribution in [0.5, 0.6) is 0 Å². The molecule has 1 aliphatic rings. The molecular weight excluding hydrogens is 238 g/mol. The summed E-state index contributed by atoms with van der Waals surface area (Å²) < 4.78 is 0. The van der Waals surface area contributed by atoms with Crippen molar-refractivity contribution in [1.29, 1.82) is 0 Å². The average Bonchev–Trinajstić information content (AvgIpc) is 2.89. The third-order valence-electron chi connectivity index (χ3n) is 4.07. The van der Waals surface area contributed by atoms with Crippen LogP contribution >= 0.6 is 0 Å². The van der Waals surface area contributed by atoms with Crippen LogP contribution in [0.3, 0.4) is 0 Å². The van der Waals surface area contributed by atoms with Crippen LogP contribution in [-0.2, 0) is 4.79 Å². The number of rotatable bonds is 4. The molecule has 0 atom stereocenters. The standard InChI is InChI=1S/C15H23N3O/c1-18(2)13-8-4-3-7-12(13)17-14(19)15(11-16)9-5-6-10-15/h3-4,7-8H,5-6,9-11,16H2,1-2H3,(H,17,19). The van der Waals surface area contributed by atoms with Crippen LogP contribution in [0.25, 0.3) is 0 Å². The van der Waals surface area contributed by atoms with E-state index in [2.05, 4.69) is 5.32 Å². The minimum Gasteiger partial charge on any atom is -0.376 e. The van der Waals surface area contributed by atoms with Crippen molar-refractivity contribution in [2.24, 2.45) is 11.1 Å². The van der Waals surface area contributed by atoms with E-state index in [1.807, 2.05) is 43.3 Å². The van der Waals surface area contributed by atoms with Gasteiger partial charge in [-0.3, -0.25) is 4.79 Å². The molecule has 0 bridgehead atoms. The van der Waals surface area contributed by atoms with Gasteiger partial charge in [-0.2, -0.15) is 0 Å². The monoisotopic (exact) mass is 261 g/mol. The lowest BCUT2D eigenvalue weighted by atomic mass is 9.85. The van der Waals surface area contributed by atoms with Gasteiger partial charge in [0.1, 0.15) is 0 Å². The van der Waals surface area contributed by atoms with Crippen LogP contribution in [0, 0.1) is 5.41 Å². The number of anilines is 2. The second kappa shape index (κ2) is 5.61. The molecule has 1 aromatic carbocycles. The maximum Gasteiger partial charge on any atom is 0.231 e. The predicted octanol–water partition coefficient (Wildman–Crippen LogP) is 2.21. The van der Waals surface area contributed by atoms with Crippen LogP contribution < -0.4 is 16.0 Å². The number of para-hydroxylation sites is 2. The summed E-state index contributed by atoms with van der Waals surface area (Å²) in [5.74, 6) is 0.0711. The first-order chi connectivity index (χ1) is 9.09. The van der Waals surface area contributed by atoms with Crippen LogP contribution in [-0.4, -0.2) is 26.5 Å². The highest BCUT2D eigenvalue weighted by Gasteiger charge is 2.39. The molecule has 104 valence electrons. The van der Waals surface area contributed by atoms with Crippen molar-refractivity contribution in [1.82, 2.24) is 0 Å². The third kappa shape index (κ3) is 2.73. The van der Waals surface area contributed by atoms with Gasteiger partial charge in [0.05, 0.1) is 16.8 Å². The Morgan fingerprint density at radius 3 is 2.53 bits per heavy atom. The second-order valence-corrected chi connectivity index (χ2v) is 5.56. The molecule has 0 aliphatic heterocycles. The first kappa shape index (κ1) is 13.9. The van der Waals surface area contributed by atoms with Crippen molar-refractivity contribution in [2.45, 2.75) is 25.7 Å². The van der Waals surface area contributed by atoms with Crippen molar-refractivity contribution in [3.8, 4) is 0 Å². The van der Waals surface area contributed by atoms with E-state index in [1.54, 1.807) is 0 Å². The number of hydrogen-bond acceptors (Lipinski definition) is 3. The summed E-state index contributed by atoms with van der Waals surface area (Å²) in [5, 5.41) is 3.06. The number of benzene rings is 1. The van der Waals surface area contributed by atoms with Gasteiger partial charge in [-0.1, -0.05) is 25.0 Å². The Bertz CT molecular complexity index is 450. The minimum absolute atomic E-state index is 0.0711. The smallest absolute Gasteiger partial charge is 0.231 e. The van der Waals surface area contributed by atoms with E-state index in [9.17, 15) is 4.79 Å². The molecule has 1 saturated carbocycles. The first-order valence-electron chi connectivity index (χ1n) is 6.87. The third-order valence-corrected chi connectivity index (χ3v) is 4.07. The van der Waals surface area contributed by atoms with E-state index in [0.29, 0.717) is 6.54 Å². The van der Waals surface area contributed by atoms with E-state index >= 15 is 0 Å². The van der Waals surface area contributed by atoms with E-state index < -0.39 is 0 Å². The zero-order valence-electron chi connectivity index (χ0n) is 11.8. The number of carbonyl (C=O) groups excluding carboxylic acids is 1. The van der Waals surface area contributed by atoms with Crippen molar-refractivity contribution in [3.05, 3.63) is 24.3 Å². The lowest BCUT2D eigenvalue weighted by Gasteiger charge is -2.27. The van der Waals surface area contributed by atoms with E-state index in [4.69, 9.17) is 5.73 Å². The van der Waals surface area contributed by atoms with Crippen molar-refractivity contribution < 1.29 is 4.79 Å². The summed E-state index contributed by atoms with van der Waals surface area (Å²) in [6.07, 6.45) is 4.00. The number of nitrogens with one attached hydrogen (secondary N) is 1. The Hall–Kier alpha value is -1.55. The molecule has 1 amide bonds. The highest BCUT2D eigenvalue weighted by Crippen LogP contribution is 2.38. The largest absolute Gasteiger partial charge is 0.376 e. The molecule has 0 heterocycles. The van der Waals surface area contributed by atoms with E-state index in [1.165, 1.54) is 0 Å². The van der Waals surface area contributed by atoms with Gasteiger partial charge in [0.25, 0.3) is 0 Å². The Labute approximate surface area is 115 Å². The molecule has 4 heteroatoms. The molecule has 1 fully saturated rings. The molecular formula is C15H23N3O. The molecule has 19 heavy (non-hydrogen) atoms. The van der Waals surface area contributed by atoms with Crippen molar-refractivity contribution in [3.63, 3.8) is 0 Å². The second-order valence-electron chi connectivity index (χ2n) is 5.56. The van der Waals surface area contributed by atoms with Gasteiger partial charge in [-0.05, 0) is 25.0 Å². The minimum atomic E-state index is -0.362. The summed E-state index contributed by atoms with van der Waals surface area (Å²) in [6.45, 7) is 0.433. The molecule has 0 aromatic heterocycles. The highest BCUT2D eigenvalue weighted by molar-refractivity contribution is 5.98. The van der Waals surface area contributed by atoms with Gasteiger partial charge in [-0.15, -0.1) is 0 Å². The fourth-order valence-electron chi connectivity index (χ4n) is 2.80. The molecule has 0 spiro atoms. The Balaban J connectivity index is 2.19. The van der Waals surface area contributed by atoms with E-state index in [-0.39, 0.29) is 11.3 Å². The van der Waals surface area contributed by atoms with Gasteiger partial charge in [0.15, 0.2) is 0 Å². The summed E-state index contributed by atoms with van der Waals surface area (Å²) in [5.41, 5.74) is 7.36. The Kier molecular flexibility index (Phi) is 4.10. The molecule has 1 aliphatic carbocycles. The zero-order valence-corrected chi connectivity index (χ0v) is 11.8. The Morgan fingerprint density at radius 2 is 1.95 bits per heavy atom. The molecule has 2 rings (SSSR count). The number of amides is 1. The summed E-state index contributed by atoms with van der Waals surface area (Å²) in [7, 11) is 3.94. The summed E-state index contributed by atoms with van der Waals surface area (Å²) >= 11 is 0. The zero-order chi connectivity index (χ0) is 13.9. The lowest BCUT2D eigenvalue weighted by Crippen LogP contribution is -2.40. The molecule has 4 nitrogen and oxygen atoms in total. The van der Waals surface area contributed by atoms with Gasteiger partial charge >= 0.3 is 0 Å². The average molecular weight is 261 g/mol. The fraction of sp³-hybridized carbons (Fsp3) is 0.533. The van der Waals surface area contributed by atoms with E-state index in [0.717, 1.165) is 37.1 Å². The van der Waals surface area contributed by atoms with Crippen LogP contribution in [0.15, 0.2) is 24.3 Å². The molecule has 0 radical (unpaired) electrons. The topological polar surface area (TPSA) is 58.4 Å². The fourth-order valence-corrected chi connectivity index (χ4v) is 2.80. The lowest BCUT2D eigenvalue weighted by molar-refractivity contribution is -0.124. The number of hydrogen-bond donors (Lipinski definition) is 2. The maximum absolute atomic E-state index is 12.5. The number of carbonyl (C=O) groups is 1. The number of nitrogens with two attached hydrogens (primary N) is 1. The van der Waals surface area contributed by atoms with Gasteiger partial charge in [0.2, 0.25) is 5.91 Å². The molecule has 1 aromatic rings. The van der Waals surface area contributed by atoms with Crippen LogP contribution in [0.2, 0.25) is 0 Å². The molecule has 0 unspecified atom stereocenters. The Morgan fingerprint density at radius 1 is 1.32 bits per heavy atom. The van der Waals surface area contributed by atoms with Gasteiger partial charge in [0, 0.05) is 20.6 Å². The van der Waals surface area contributed by atoms with Crippen LogP contribution in [0.4, 0.5) is 11.4 Å². The number of nitrogens with zero attached hydrogens (tertiary/aromatic N) is 1. The van der Waals surface area contributed by atoms with Gasteiger partial charge < -0.3 is 16.0 Å². The van der Waals surface area contributed by atoms with Crippen LogP contribution in [0.1, 0.15) is 25.7 Å². The SMILES string of the molecule is CN(C)c1ccccc1NC(=O)C1(CN)CCCC1. The van der Waals surface area contributed by atoms with Crippen molar-refractivity contribution in [2.75, 3.05) is 30.9 Å². The molecule has 3 N–H and O–H groups in total. The quantitative estimate of drug-likeness (QED) is 0.873. The summed E-state index contributed by atoms with van der Waals surface area (Å²) in [6, 6.07) is 7.84. The molecule has 0 saturated heterocycles. The maximum atomic E-state index is 12.5. The summed E-state index contributed by atoms with van der Waals surface area (Å²) in [4.78, 5) is 14.5. The highest BCUT2D eigenvalue weighted by atomic mass is 16.2. The predicted molar refractivity (Wildman–Crippen MR) is 79.4 cm³/mol. The first-order valence-corrected chi connectivity index (χ1v) is 6.87. The van der Waals surface area contributed by atoms with Crippen molar-refractivity contribution >= 4 is 17.3 Å².